The summed E-state index contributed by atoms with van der Waals surface area (Å²) in [5.74, 6) is -0.915. The van der Waals surface area contributed by atoms with Crippen LogP contribution in [0.25, 0.3) is 6.08 Å². The quantitative estimate of drug-likeness (QED) is 0.127. The third kappa shape index (κ3) is 5.24. The molecule has 1 aliphatic rings. The summed E-state index contributed by atoms with van der Waals surface area (Å²) < 4.78 is 10.8. The molecular weight excluding hydrogens is 508 g/mol. The van der Waals surface area contributed by atoms with E-state index < -0.39 is 22.0 Å². The number of carbonyl (C=O) groups is 3. The fraction of sp³-hybridized carbons (Fsp3) is 0.0800. The van der Waals surface area contributed by atoms with Gasteiger partial charge in [-0.15, -0.1) is 0 Å². The lowest BCUT2D eigenvalue weighted by atomic mass is 10.1. The zero-order valence-electron chi connectivity index (χ0n) is 18.7. The molecule has 11 heteroatoms. The van der Waals surface area contributed by atoms with E-state index in [4.69, 9.17) is 21.1 Å². The second kappa shape index (κ2) is 10.6. The SMILES string of the molecule is COc1ccc(/C=C2\SC(=O)N(Cc3ccccc3[N+](=O)[O-])C2=O)cc1OC(=O)c1ccccc1Cl. The van der Waals surface area contributed by atoms with Gasteiger partial charge in [0.1, 0.15) is 0 Å². The van der Waals surface area contributed by atoms with Crippen molar-refractivity contribution in [2.45, 2.75) is 6.54 Å². The number of nitro groups is 1. The van der Waals surface area contributed by atoms with E-state index in [2.05, 4.69) is 0 Å². The van der Waals surface area contributed by atoms with Crippen molar-refractivity contribution in [2.24, 2.45) is 0 Å². The number of hydrogen-bond acceptors (Lipinski definition) is 8. The minimum Gasteiger partial charge on any atom is -0.493 e. The summed E-state index contributed by atoms with van der Waals surface area (Å²) >= 11 is 6.79. The standard InChI is InChI=1S/C25H17ClN2O7S/c1-34-20-11-10-15(12-21(20)35-24(30)17-7-3-4-8-18(17)26)13-22-23(29)27(25(31)36-22)14-16-6-2-5-9-19(16)28(32)33/h2-13H,14H2,1H3/b22-13-. The molecule has 0 aliphatic carbocycles. The summed E-state index contributed by atoms with van der Waals surface area (Å²) in [6, 6.07) is 17.0. The van der Waals surface area contributed by atoms with Crippen LogP contribution in [0.3, 0.4) is 0 Å². The molecule has 36 heavy (non-hydrogen) atoms. The third-order valence-corrected chi connectivity index (χ3v) is 6.41. The van der Waals surface area contributed by atoms with Crippen LogP contribution in [0, 0.1) is 10.1 Å². The topological polar surface area (TPSA) is 116 Å². The molecule has 1 fully saturated rings. The first-order chi connectivity index (χ1) is 17.3. The van der Waals surface area contributed by atoms with Crippen molar-refractivity contribution in [3.8, 4) is 11.5 Å². The lowest BCUT2D eigenvalue weighted by molar-refractivity contribution is -0.385. The fourth-order valence-electron chi connectivity index (χ4n) is 3.43. The maximum Gasteiger partial charge on any atom is 0.345 e. The molecule has 1 saturated heterocycles. The molecular formula is C25H17ClN2O7S. The lowest BCUT2D eigenvalue weighted by Gasteiger charge is -2.12. The summed E-state index contributed by atoms with van der Waals surface area (Å²) in [6.45, 7) is -0.234. The highest BCUT2D eigenvalue weighted by molar-refractivity contribution is 8.18. The van der Waals surface area contributed by atoms with Gasteiger partial charge in [0.15, 0.2) is 11.5 Å². The molecule has 9 nitrogen and oxygen atoms in total. The molecule has 1 aliphatic heterocycles. The Morgan fingerprint density at radius 1 is 1.08 bits per heavy atom. The van der Waals surface area contributed by atoms with Crippen LogP contribution >= 0.6 is 23.4 Å². The Balaban J connectivity index is 1.58. The van der Waals surface area contributed by atoms with E-state index in [1.165, 1.54) is 43.5 Å². The first kappa shape index (κ1) is 25.0. The minimum atomic E-state index is -0.694. The van der Waals surface area contributed by atoms with Crippen molar-refractivity contribution in [3.63, 3.8) is 0 Å². The smallest absolute Gasteiger partial charge is 0.345 e. The number of thioether (sulfide) groups is 1. The summed E-state index contributed by atoms with van der Waals surface area (Å²) in [6.07, 6.45) is 1.47. The second-order valence-corrected chi connectivity index (χ2v) is 8.83. The predicted molar refractivity (Wildman–Crippen MR) is 134 cm³/mol. The molecule has 0 radical (unpaired) electrons. The van der Waals surface area contributed by atoms with E-state index in [1.807, 2.05) is 0 Å². The number of rotatable bonds is 7. The monoisotopic (exact) mass is 524 g/mol. The van der Waals surface area contributed by atoms with Crippen molar-refractivity contribution in [1.29, 1.82) is 0 Å². The first-order valence-corrected chi connectivity index (χ1v) is 11.6. The maximum absolute atomic E-state index is 12.9. The average molecular weight is 525 g/mol. The molecule has 0 saturated carbocycles. The van der Waals surface area contributed by atoms with Gasteiger partial charge in [-0.3, -0.25) is 24.6 Å². The van der Waals surface area contributed by atoms with Gasteiger partial charge >= 0.3 is 5.97 Å². The van der Waals surface area contributed by atoms with Crippen LogP contribution < -0.4 is 9.47 Å². The van der Waals surface area contributed by atoms with E-state index in [0.717, 1.165) is 4.90 Å². The molecule has 182 valence electrons. The van der Waals surface area contributed by atoms with Gasteiger partial charge in [0.05, 0.1) is 34.1 Å². The largest absolute Gasteiger partial charge is 0.493 e. The molecule has 4 rings (SSSR count). The van der Waals surface area contributed by atoms with Gasteiger partial charge in [0.2, 0.25) is 0 Å². The number of nitro benzene ring substituents is 1. The Morgan fingerprint density at radius 2 is 1.81 bits per heavy atom. The van der Waals surface area contributed by atoms with Gasteiger partial charge in [-0.2, -0.15) is 0 Å². The van der Waals surface area contributed by atoms with Gasteiger partial charge in [-0.05, 0) is 47.7 Å². The number of ether oxygens (including phenoxy) is 2. The number of hydrogen-bond donors (Lipinski definition) is 0. The van der Waals surface area contributed by atoms with Crippen LogP contribution in [0.15, 0.2) is 71.6 Å². The van der Waals surface area contributed by atoms with Gasteiger partial charge in [-0.1, -0.05) is 48.0 Å². The molecule has 0 spiro atoms. The summed E-state index contributed by atoms with van der Waals surface area (Å²) in [5.41, 5.74) is 0.696. The van der Waals surface area contributed by atoms with E-state index in [-0.39, 0.29) is 44.8 Å². The lowest BCUT2D eigenvalue weighted by Crippen LogP contribution is -2.27. The van der Waals surface area contributed by atoms with Crippen LogP contribution in [0.2, 0.25) is 5.02 Å². The average Bonchev–Trinajstić information content (AvgIpc) is 3.12. The Morgan fingerprint density at radius 3 is 2.53 bits per heavy atom. The molecule has 1 heterocycles. The number of imide groups is 1. The van der Waals surface area contributed by atoms with E-state index in [1.54, 1.807) is 36.4 Å². The molecule has 0 aromatic heterocycles. The Hall–Kier alpha value is -4.15. The molecule has 3 aromatic carbocycles. The summed E-state index contributed by atoms with van der Waals surface area (Å²) in [4.78, 5) is 49.9. The minimum absolute atomic E-state index is 0.0929. The number of halogens is 1. The normalized spacial score (nSPS) is 14.3. The zero-order chi connectivity index (χ0) is 25.8. The molecule has 3 aromatic rings. The number of benzene rings is 3. The maximum atomic E-state index is 12.9. The molecule has 0 N–H and O–H groups in total. The highest BCUT2D eigenvalue weighted by Crippen LogP contribution is 2.36. The number of amides is 2. The highest BCUT2D eigenvalue weighted by Gasteiger charge is 2.36. The van der Waals surface area contributed by atoms with Gasteiger partial charge < -0.3 is 9.47 Å². The second-order valence-electron chi connectivity index (χ2n) is 7.43. The van der Waals surface area contributed by atoms with Gasteiger partial charge in [0.25, 0.3) is 16.8 Å². The van der Waals surface area contributed by atoms with Crippen LogP contribution in [0.5, 0.6) is 11.5 Å². The highest BCUT2D eigenvalue weighted by atomic mass is 35.5. The first-order valence-electron chi connectivity index (χ1n) is 10.4. The molecule has 0 bridgehead atoms. The zero-order valence-corrected chi connectivity index (χ0v) is 20.2. The number of methoxy groups -OCH3 is 1. The Bertz CT molecular complexity index is 1420. The van der Waals surface area contributed by atoms with Crippen LogP contribution in [0.4, 0.5) is 10.5 Å². The van der Waals surface area contributed by atoms with Crippen molar-refractivity contribution < 1.29 is 28.8 Å². The van der Waals surface area contributed by atoms with E-state index in [9.17, 15) is 24.5 Å². The summed E-state index contributed by atoms with van der Waals surface area (Å²) in [7, 11) is 1.41. The Kier molecular flexibility index (Phi) is 7.37. The van der Waals surface area contributed by atoms with E-state index in [0.29, 0.717) is 17.3 Å². The van der Waals surface area contributed by atoms with Crippen LogP contribution in [-0.2, 0) is 11.3 Å². The van der Waals surface area contributed by atoms with Crippen molar-refractivity contribution in [3.05, 3.63) is 103 Å². The molecule has 2 amide bonds. The van der Waals surface area contributed by atoms with Crippen molar-refractivity contribution >= 4 is 52.2 Å². The third-order valence-electron chi connectivity index (χ3n) is 5.17. The fourth-order valence-corrected chi connectivity index (χ4v) is 4.48. The van der Waals surface area contributed by atoms with E-state index >= 15 is 0 Å². The molecule has 0 unspecified atom stereocenters. The van der Waals surface area contributed by atoms with Crippen LogP contribution in [-0.4, -0.2) is 34.0 Å². The van der Waals surface area contributed by atoms with Crippen LogP contribution in [0.1, 0.15) is 21.5 Å². The van der Waals surface area contributed by atoms with Crippen molar-refractivity contribution in [2.75, 3.05) is 7.11 Å². The van der Waals surface area contributed by atoms with Gasteiger partial charge in [0, 0.05) is 11.6 Å². The Labute approximate surface area is 214 Å². The number of nitrogens with zero attached hydrogens (tertiary/aromatic N) is 2. The predicted octanol–water partition coefficient (Wildman–Crippen LogP) is 5.71. The summed E-state index contributed by atoms with van der Waals surface area (Å²) in [5, 5.41) is 11.0. The number of carbonyl (C=O) groups excluding carboxylic acids is 3. The number of esters is 1. The van der Waals surface area contributed by atoms with Gasteiger partial charge in [-0.25, -0.2) is 4.79 Å². The van der Waals surface area contributed by atoms with Crippen molar-refractivity contribution in [1.82, 2.24) is 4.90 Å². The molecule has 0 atom stereocenters. The number of para-hydroxylation sites is 1.